The van der Waals surface area contributed by atoms with E-state index >= 15 is 0 Å². The number of unbranched alkanes of at least 4 members (excludes halogenated alkanes) is 1. The molecule has 0 aromatic heterocycles. The van der Waals surface area contributed by atoms with Gasteiger partial charge < -0.3 is 19.5 Å². The van der Waals surface area contributed by atoms with Gasteiger partial charge in [0.25, 0.3) is 0 Å². The number of hydrogen-bond acceptors (Lipinski definition) is 5. The van der Waals surface area contributed by atoms with Gasteiger partial charge in [0, 0.05) is 24.6 Å². The van der Waals surface area contributed by atoms with Crippen LogP contribution in [0, 0.1) is 0 Å². The molecule has 0 amide bonds. The van der Waals surface area contributed by atoms with Crippen LogP contribution in [0.3, 0.4) is 0 Å². The summed E-state index contributed by atoms with van der Waals surface area (Å²) in [6.07, 6.45) is 4.56. The number of nitrogens with zero attached hydrogens (tertiary/aromatic N) is 1. The molecule has 2 fully saturated rings. The first-order valence-corrected chi connectivity index (χ1v) is 9.94. The molecule has 2 bridgehead atoms. The second-order valence-corrected chi connectivity index (χ2v) is 8.43. The number of phenolic OH excluding ortho intramolecular Hbond substituents is 1. The predicted molar refractivity (Wildman–Crippen MR) is 96.8 cm³/mol. The van der Waals surface area contributed by atoms with Gasteiger partial charge in [0.1, 0.15) is 0 Å². The Hall–Kier alpha value is -1.59. The van der Waals surface area contributed by atoms with Gasteiger partial charge in [-0.3, -0.25) is 4.79 Å². The third-order valence-corrected chi connectivity index (χ3v) is 7.34. The summed E-state index contributed by atoms with van der Waals surface area (Å²) >= 11 is 0. The van der Waals surface area contributed by atoms with Crippen molar-refractivity contribution in [2.24, 2.45) is 0 Å². The van der Waals surface area contributed by atoms with Crippen LogP contribution in [0.1, 0.15) is 50.2 Å². The zero-order valence-corrected chi connectivity index (χ0v) is 15.6. The summed E-state index contributed by atoms with van der Waals surface area (Å²) in [5.41, 5.74) is 1.42. The Labute approximate surface area is 154 Å². The Morgan fingerprint density at radius 3 is 3.04 bits per heavy atom. The molecule has 0 radical (unpaired) electrons. The highest BCUT2D eigenvalue weighted by Gasteiger charge is 2.73. The Bertz CT molecular complexity index is 778. The summed E-state index contributed by atoms with van der Waals surface area (Å²) in [6, 6.07) is 3.98. The highest BCUT2D eigenvalue weighted by molar-refractivity contribution is 5.90. The van der Waals surface area contributed by atoms with Crippen molar-refractivity contribution < 1.29 is 19.4 Å². The number of carbonyl (C=O) groups excluding carboxylic acids is 1. The summed E-state index contributed by atoms with van der Waals surface area (Å²) in [6.45, 7) is 3.81. The fourth-order valence-corrected chi connectivity index (χ4v) is 6.20. The van der Waals surface area contributed by atoms with Crippen molar-refractivity contribution in [2.45, 2.75) is 68.6 Å². The van der Waals surface area contributed by atoms with Gasteiger partial charge in [-0.2, -0.15) is 0 Å². The number of ketones is 1. The number of Topliss-reactive ketones (excluding diaryl/α,β-unsaturated/α-hetero) is 1. The molecule has 5 heteroatoms. The second-order valence-electron chi connectivity index (χ2n) is 8.43. The molecule has 140 valence electrons. The van der Waals surface area contributed by atoms with E-state index in [0.29, 0.717) is 18.8 Å². The van der Waals surface area contributed by atoms with Crippen molar-refractivity contribution in [3.8, 4) is 11.5 Å². The molecule has 4 atom stereocenters. The number of hydrogen-bond donors (Lipinski definition) is 1. The quantitative estimate of drug-likeness (QED) is 0.840. The molecule has 1 spiro atoms. The van der Waals surface area contributed by atoms with E-state index in [1.54, 1.807) is 6.07 Å². The monoisotopic (exact) mass is 357 g/mol. The van der Waals surface area contributed by atoms with E-state index in [4.69, 9.17) is 9.47 Å². The lowest BCUT2D eigenvalue weighted by Gasteiger charge is -2.64. The van der Waals surface area contributed by atoms with E-state index in [9.17, 15) is 9.90 Å². The fourth-order valence-electron chi connectivity index (χ4n) is 6.20. The molecule has 1 saturated heterocycles. The summed E-state index contributed by atoms with van der Waals surface area (Å²) in [4.78, 5) is 15.3. The minimum Gasteiger partial charge on any atom is -0.504 e. The maximum atomic E-state index is 12.9. The highest BCUT2D eigenvalue weighted by atomic mass is 16.5. The third kappa shape index (κ3) is 1.76. The van der Waals surface area contributed by atoms with Gasteiger partial charge in [0.05, 0.1) is 11.0 Å². The lowest BCUT2D eigenvalue weighted by molar-refractivity contribution is -0.210. The van der Waals surface area contributed by atoms with E-state index in [2.05, 4.69) is 18.9 Å². The molecule has 2 heterocycles. The number of ether oxygens (including phenoxy) is 2. The maximum absolute atomic E-state index is 12.9. The summed E-state index contributed by atoms with van der Waals surface area (Å²) in [5, 5.41) is 10.5. The lowest BCUT2D eigenvalue weighted by Crippen LogP contribution is -2.77. The third-order valence-electron chi connectivity index (χ3n) is 7.34. The van der Waals surface area contributed by atoms with Gasteiger partial charge in [-0.15, -0.1) is 0 Å². The van der Waals surface area contributed by atoms with Crippen LogP contribution in [0.4, 0.5) is 0 Å². The van der Waals surface area contributed by atoms with Crippen LogP contribution in [0.2, 0.25) is 0 Å². The summed E-state index contributed by atoms with van der Waals surface area (Å²) < 4.78 is 12.9. The smallest absolute Gasteiger partial charge is 0.174 e. The average molecular weight is 357 g/mol. The van der Waals surface area contributed by atoms with Crippen LogP contribution in [-0.2, 0) is 21.4 Å². The Balaban J connectivity index is 1.75. The molecular weight excluding hydrogens is 330 g/mol. The molecular formula is C21H27NO4. The molecule has 5 nitrogen and oxygen atoms in total. The number of rotatable bonds is 4. The summed E-state index contributed by atoms with van der Waals surface area (Å²) in [7, 11) is 2.18. The first kappa shape index (κ1) is 16.6. The normalized spacial score (nSPS) is 37.4. The first-order valence-electron chi connectivity index (χ1n) is 9.94. The maximum Gasteiger partial charge on any atom is 0.174 e. The number of likely N-dealkylation sites (N-methyl/N-ethyl adjacent to an activating group) is 1. The van der Waals surface area contributed by atoms with Crippen LogP contribution in [-0.4, -0.2) is 53.7 Å². The Morgan fingerprint density at radius 2 is 2.23 bits per heavy atom. The fraction of sp³-hybridized carbons (Fsp3) is 0.667. The largest absolute Gasteiger partial charge is 0.504 e. The minimum atomic E-state index is -0.517. The number of piperidine rings is 1. The van der Waals surface area contributed by atoms with Crippen LogP contribution in [0.25, 0.3) is 0 Å². The number of phenols is 1. The predicted octanol–water partition coefficient (Wildman–Crippen LogP) is 2.57. The van der Waals surface area contributed by atoms with Crippen LogP contribution in [0.15, 0.2) is 12.1 Å². The van der Waals surface area contributed by atoms with Crippen LogP contribution >= 0.6 is 0 Å². The van der Waals surface area contributed by atoms with Crippen molar-refractivity contribution >= 4 is 5.78 Å². The molecule has 4 unspecified atom stereocenters. The number of likely N-dealkylation sites (tertiary alicyclic amines) is 1. The first-order chi connectivity index (χ1) is 12.5. The molecule has 2 aliphatic heterocycles. The number of aromatic hydroxyl groups is 1. The van der Waals surface area contributed by atoms with Gasteiger partial charge in [-0.25, -0.2) is 0 Å². The molecule has 5 rings (SSSR count). The van der Waals surface area contributed by atoms with E-state index < -0.39 is 17.1 Å². The second kappa shape index (κ2) is 5.46. The van der Waals surface area contributed by atoms with Gasteiger partial charge in [0.2, 0.25) is 0 Å². The molecule has 2 aliphatic carbocycles. The standard InChI is InChI=1S/C21H27NO4/c1-3-4-11-25-21-8-7-15(24)19-20(21)9-10-22(2)16(21)12-13-5-6-14(23)18(26-19)17(13)20/h5-6,16,19,23H,3-4,7-12H2,1-2H3. The van der Waals surface area contributed by atoms with Crippen molar-refractivity contribution in [1.82, 2.24) is 4.90 Å². The van der Waals surface area contributed by atoms with Gasteiger partial charge >= 0.3 is 0 Å². The topological polar surface area (TPSA) is 59.0 Å². The molecule has 1 N–H and O–H groups in total. The van der Waals surface area contributed by atoms with Crippen molar-refractivity contribution in [3.05, 3.63) is 23.3 Å². The zero-order valence-electron chi connectivity index (χ0n) is 15.6. The number of benzene rings is 1. The SMILES string of the molecule is CCCCOC12CCC(=O)C3Oc4c(O)ccc5c4C31CCN(C)C2C5. The van der Waals surface area contributed by atoms with Crippen molar-refractivity contribution in [1.29, 1.82) is 0 Å². The van der Waals surface area contributed by atoms with E-state index in [0.717, 1.165) is 44.2 Å². The van der Waals surface area contributed by atoms with E-state index in [1.165, 1.54) is 5.56 Å². The Kier molecular flexibility index (Phi) is 3.48. The highest BCUT2D eigenvalue weighted by Crippen LogP contribution is 2.65. The summed E-state index contributed by atoms with van der Waals surface area (Å²) in [5.74, 6) is 0.848. The average Bonchev–Trinajstić information content (AvgIpc) is 2.99. The zero-order chi connectivity index (χ0) is 18.1. The lowest BCUT2D eigenvalue weighted by atomic mass is 9.49. The van der Waals surface area contributed by atoms with E-state index in [1.807, 2.05) is 6.07 Å². The molecule has 1 saturated carbocycles. The minimum absolute atomic E-state index is 0.153. The van der Waals surface area contributed by atoms with Crippen LogP contribution in [0.5, 0.6) is 11.5 Å². The molecule has 26 heavy (non-hydrogen) atoms. The van der Waals surface area contributed by atoms with E-state index in [-0.39, 0.29) is 17.6 Å². The van der Waals surface area contributed by atoms with Gasteiger partial charge in [-0.1, -0.05) is 19.4 Å². The Morgan fingerprint density at radius 1 is 1.38 bits per heavy atom. The van der Waals surface area contributed by atoms with Gasteiger partial charge in [0.15, 0.2) is 23.4 Å². The molecule has 1 aromatic rings. The van der Waals surface area contributed by atoms with Gasteiger partial charge in [-0.05, 0) is 50.9 Å². The van der Waals surface area contributed by atoms with Crippen molar-refractivity contribution in [3.63, 3.8) is 0 Å². The van der Waals surface area contributed by atoms with Crippen molar-refractivity contribution in [2.75, 3.05) is 20.2 Å². The van der Waals surface area contributed by atoms with Crippen LogP contribution < -0.4 is 4.74 Å². The molecule has 4 aliphatic rings. The number of carbonyl (C=O) groups is 1. The molecule has 1 aromatic carbocycles.